The van der Waals surface area contributed by atoms with E-state index in [-0.39, 0.29) is 6.03 Å². The van der Waals surface area contributed by atoms with Crippen LogP contribution in [0.1, 0.15) is 32.6 Å². The maximum absolute atomic E-state index is 12.1. The second kappa shape index (κ2) is 5.25. The summed E-state index contributed by atoms with van der Waals surface area (Å²) in [6, 6.07) is 1.08. The van der Waals surface area contributed by atoms with E-state index in [1.165, 1.54) is 12.8 Å². The summed E-state index contributed by atoms with van der Waals surface area (Å²) in [5, 5.41) is 3.17. The van der Waals surface area contributed by atoms with Gasteiger partial charge in [0.25, 0.3) is 0 Å². The highest BCUT2D eigenvalue weighted by molar-refractivity contribution is 5.75. The standard InChI is InChI=1S/C13H25N3O/c1-10-8-16(9-12(10)15(2)3)13(17)14-11-6-4-5-7-11/h10-12H,4-9H2,1-3H3,(H,14,17). The summed E-state index contributed by atoms with van der Waals surface area (Å²) in [7, 11) is 4.19. The average molecular weight is 239 g/mol. The Bertz CT molecular complexity index is 274. The van der Waals surface area contributed by atoms with Crippen molar-refractivity contribution < 1.29 is 4.79 Å². The highest BCUT2D eigenvalue weighted by Gasteiger charge is 2.34. The van der Waals surface area contributed by atoms with Gasteiger partial charge in [0, 0.05) is 25.2 Å². The number of carbonyl (C=O) groups excluding carboxylic acids is 1. The third kappa shape index (κ3) is 2.92. The monoisotopic (exact) mass is 239 g/mol. The SMILES string of the molecule is CC1CN(C(=O)NC2CCCC2)CC1N(C)C. The minimum absolute atomic E-state index is 0.146. The van der Waals surface area contributed by atoms with Gasteiger partial charge in [0.1, 0.15) is 0 Å². The predicted octanol–water partition coefficient (Wildman–Crippen LogP) is 1.52. The van der Waals surface area contributed by atoms with Crippen molar-refractivity contribution in [1.29, 1.82) is 0 Å². The fourth-order valence-electron chi connectivity index (χ4n) is 3.12. The fourth-order valence-corrected chi connectivity index (χ4v) is 3.12. The van der Waals surface area contributed by atoms with E-state index in [1.807, 2.05) is 4.90 Å². The number of nitrogens with one attached hydrogen (secondary N) is 1. The minimum Gasteiger partial charge on any atom is -0.335 e. The average Bonchev–Trinajstić information content (AvgIpc) is 2.86. The van der Waals surface area contributed by atoms with E-state index >= 15 is 0 Å². The zero-order chi connectivity index (χ0) is 12.4. The number of hydrogen-bond acceptors (Lipinski definition) is 2. The van der Waals surface area contributed by atoms with Crippen LogP contribution >= 0.6 is 0 Å². The van der Waals surface area contributed by atoms with E-state index < -0.39 is 0 Å². The Hall–Kier alpha value is -0.770. The predicted molar refractivity (Wildman–Crippen MR) is 69.0 cm³/mol. The molecule has 2 amide bonds. The number of likely N-dealkylation sites (tertiary alicyclic amines) is 1. The molecule has 0 spiro atoms. The largest absolute Gasteiger partial charge is 0.335 e. The summed E-state index contributed by atoms with van der Waals surface area (Å²) in [6.07, 6.45) is 4.85. The summed E-state index contributed by atoms with van der Waals surface area (Å²) in [5.41, 5.74) is 0. The summed E-state index contributed by atoms with van der Waals surface area (Å²) in [5.74, 6) is 0.569. The first-order valence-electron chi connectivity index (χ1n) is 6.80. The third-order valence-electron chi connectivity index (χ3n) is 4.21. The molecule has 2 aliphatic rings. The van der Waals surface area contributed by atoms with Crippen LogP contribution in [-0.4, -0.2) is 55.1 Å². The van der Waals surface area contributed by atoms with Crippen LogP contribution in [0, 0.1) is 5.92 Å². The van der Waals surface area contributed by atoms with Crippen LogP contribution < -0.4 is 5.32 Å². The zero-order valence-electron chi connectivity index (χ0n) is 11.3. The van der Waals surface area contributed by atoms with Crippen molar-refractivity contribution in [1.82, 2.24) is 15.1 Å². The van der Waals surface area contributed by atoms with Gasteiger partial charge in [-0.2, -0.15) is 0 Å². The maximum atomic E-state index is 12.1. The molecule has 4 nitrogen and oxygen atoms in total. The smallest absolute Gasteiger partial charge is 0.317 e. The van der Waals surface area contributed by atoms with Crippen molar-refractivity contribution in [3.63, 3.8) is 0 Å². The second-order valence-corrected chi connectivity index (χ2v) is 5.84. The Balaban J connectivity index is 1.84. The van der Waals surface area contributed by atoms with E-state index in [9.17, 15) is 4.79 Å². The molecule has 1 aliphatic heterocycles. The van der Waals surface area contributed by atoms with E-state index in [2.05, 4.69) is 31.2 Å². The Kier molecular flexibility index (Phi) is 3.92. The molecule has 0 aromatic rings. The molecule has 2 fully saturated rings. The van der Waals surface area contributed by atoms with Crippen LogP contribution in [0.4, 0.5) is 4.79 Å². The van der Waals surface area contributed by atoms with Gasteiger partial charge in [-0.3, -0.25) is 0 Å². The molecule has 1 saturated heterocycles. The van der Waals surface area contributed by atoms with Gasteiger partial charge < -0.3 is 15.1 Å². The van der Waals surface area contributed by atoms with Crippen LogP contribution in [0.3, 0.4) is 0 Å². The second-order valence-electron chi connectivity index (χ2n) is 5.84. The first kappa shape index (κ1) is 12.7. The normalized spacial score (nSPS) is 30.2. The lowest BCUT2D eigenvalue weighted by molar-refractivity contribution is 0.199. The zero-order valence-corrected chi connectivity index (χ0v) is 11.3. The Morgan fingerprint density at radius 1 is 1.24 bits per heavy atom. The lowest BCUT2D eigenvalue weighted by Gasteiger charge is -2.23. The highest BCUT2D eigenvalue weighted by atomic mass is 16.2. The number of urea groups is 1. The minimum atomic E-state index is 0.146. The van der Waals surface area contributed by atoms with Gasteiger partial charge in [-0.05, 0) is 32.9 Å². The highest BCUT2D eigenvalue weighted by Crippen LogP contribution is 2.22. The molecule has 0 aromatic carbocycles. The fraction of sp³-hybridized carbons (Fsp3) is 0.923. The number of hydrogen-bond donors (Lipinski definition) is 1. The molecule has 2 rings (SSSR count). The van der Waals surface area contributed by atoms with Crippen LogP contribution in [-0.2, 0) is 0 Å². The lowest BCUT2D eigenvalue weighted by atomic mass is 10.1. The first-order chi connectivity index (χ1) is 8.08. The molecule has 0 aromatic heterocycles. The van der Waals surface area contributed by atoms with Crippen molar-refractivity contribution in [2.75, 3.05) is 27.2 Å². The Morgan fingerprint density at radius 2 is 1.88 bits per heavy atom. The molecular formula is C13H25N3O. The summed E-state index contributed by atoms with van der Waals surface area (Å²) in [6.45, 7) is 3.99. The molecule has 1 saturated carbocycles. The summed E-state index contributed by atoms with van der Waals surface area (Å²) < 4.78 is 0. The molecule has 1 aliphatic carbocycles. The number of likely N-dealkylation sites (N-methyl/N-ethyl adjacent to an activating group) is 1. The molecule has 2 atom stereocenters. The van der Waals surface area contributed by atoms with Gasteiger partial charge in [-0.25, -0.2) is 4.79 Å². The van der Waals surface area contributed by atoms with Crippen LogP contribution in [0.5, 0.6) is 0 Å². The summed E-state index contributed by atoms with van der Waals surface area (Å²) >= 11 is 0. The number of carbonyl (C=O) groups is 1. The van der Waals surface area contributed by atoms with E-state index in [1.54, 1.807) is 0 Å². The maximum Gasteiger partial charge on any atom is 0.317 e. The van der Waals surface area contributed by atoms with Crippen molar-refractivity contribution in [3.8, 4) is 0 Å². The molecule has 0 radical (unpaired) electrons. The first-order valence-corrected chi connectivity index (χ1v) is 6.80. The number of amides is 2. The van der Waals surface area contributed by atoms with Gasteiger partial charge in [-0.1, -0.05) is 19.8 Å². The number of nitrogens with zero attached hydrogens (tertiary/aromatic N) is 2. The Labute approximate surface area is 104 Å². The molecule has 4 heteroatoms. The molecule has 17 heavy (non-hydrogen) atoms. The molecular weight excluding hydrogens is 214 g/mol. The van der Waals surface area contributed by atoms with E-state index in [0.717, 1.165) is 25.9 Å². The molecule has 98 valence electrons. The van der Waals surface area contributed by atoms with Gasteiger partial charge in [0.15, 0.2) is 0 Å². The van der Waals surface area contributed by atoms with Gasteiger partial charge in [-0.15, -0.1) is 0 Å². The van der Waals surface area contributed by atoms with Crippen LogP contribution in [0.2, 0.25) is 0 Å². The molecule has 0 bridgehead atoms. The van der Waals surface area contributed by atoms with Gasteiger partial charge >= 0.3 is 6.03 Å². The Morgan fingerprint density at radius 3 is 2.41 bits per heavy atom. The number of rotatable bonds is 2. The molecule has 1 heterocycles. The summed E-state index contributed by atoms with van der Waals surface area (Å²) in [4.78, 5) is 16.3. The van der Waals surface area contributed by atoms with Crippen molar-refractivity contribution in [2.24, 2.45) is 5.92 Å². The van der Waals surface area contributed by atoms with Crippen molar-refractivity contribution in [2.45, 2.75) is 44.7 Å². The third-order valence-corrected chi connectivity index (χ3v) is 4.21. The lowest BCUT2D eigenvalue weighted by Crippen LogP contribution is -2.44. The molecule has 2 unspecified atom stereocenters. The van der Waals surface area contributed by atoms with E-state index in [4.69, 9.17) is 0 Å². The van der Waals surface area contributed by atoms with E-state index in [0.29, 0.717) is 18.0 Å². The quantitative estimate of drug-likeness (QED) is 0.793. The van der Waals surface area contributed by atoms with Crippen LogP contribution in [0.25, 0.3) is 0 Å². The molecule has 1 N–H and O–H groups in total. The van der Waals surface area contributed by atoms with Crippen molar-refractivity contribution in [3.05, 3.63) is 0 Å². The van der Waals surface area contributed by atoms with Gasteiger partial charge in [0.2, 0.25) is 0 Å². The topological polar surface area (TPSA) is 35.6 Å². The van der Waals surface area contributed by atoms with Gasteiger partial charge in [0.05, 0.1) is 0 Å². The van der Waals surface area contributed by atoms with Crippen LogP contribution in [0.15, 0.2) is 0 Å². The van der Waals surface area contributed by atoms with Crippen molar-refractivity contribution >= 4 is 6.03 Å².